The van der Waals surface area contributed by atoms with Crippen molar-refractivity contribution in [3.63, 3.8) is 0 Å². The number of ether oxygens (including phenoxy) is 1. The maximum Gasteiger partial charge on any atom is 0.330 e. The van der Waals surface area contributed by atoms with Crippen molar-refractivity contribution in [2.24, 2.45) is 5.92 Å². The molecule has 2 aliphatic rings. The number of amides is 3. The van der Waals surface area contributed by atoms with E-state index in [4.69, 9.17) is 4.74 Å². The van der Waals surface area contributed by atoms with Gasteiger partial charge in [-0.15, -0.1) is 0 Å². The summed E-state index contributed by atoms with van der Waals surface area (Å²) >= 11 is 0. The first kappa shape index (κ1) is 21.4. The molecule has 8 nitrogen and oxygen atoms in total. The molecule has 0 fully saturated rings. The summed E-state index contributed by atoms with van der Waals surface area (Å²) in [5, 5.41) is 2.75. The Morgan fingerprint density at radius 1 is 1.00 bits per heavy atom. The predicted molar refractivity (Wildman–Crippen MR) is 114 cm³/mol. The molecule has 0 radical (unpaired) electrons. The second kappa shape index (κ2) is 8.37. The van der Waals surface area contributed by atoms with Crippen molar-refractivity contribution in [2.75, 3.05) is 11.9 Å². The fourth-order valence-corrected chi connectivity index (χ4v) is 4.00. The fraction of sp³-hybridized carbons (Fsp3) is 0.292. The van der Waals surface area contributed by atoms with Crippen LogP contribution in [0.1, 0.15) is 56.9 Å². The molecule has 0 spiro atoms. The van der Waals surface area contributed by atoms with Crippen LogP contribution in [0.2, 0.25) is 0 Å². The van der Waals surface area contributed by atoms with Crippen molar-refractivity contribution >= 4 is 35.2 Å². The van der Waals surface area contributed by atoms with Crippen LogP contribution in [-0.4, -0.2) is 47.0 Å². The summed E-state index contributed by atoms with van der Waals surface area (Å²) in [6.07, 6.45) is 0.868. The smallest absolute Gasteiger partial charge is 0.330 e. The summed E-state index contributed by atoms with van der Waals surface area (Å²) in [5.41, 5.74) is 2.35. The van der Waals surface area contributed by atoms with Crippen molar-refractivity contribution in [1.29, 1.82) is 0 Å². The van der Waals surface area contributed by atoms with Gasteiger partial charge in [0.05, 0.1) is 11.1 Å². The van der Waals surface area contributed by atoms with Crippen LogP contribution in [0, 0.1) is 5.92 Å². The Balaban J connectivity index is 1.47. The molecular weight excluding hydrogens is 412 g/mol. The number of Topliss-reactive ketones (excluding diaryl/α,β-unsaturated/α-hetero) is 1. The highest BCUT2D eigenvalue weighted by molar-refractivity contribution is 6.22. The highest BCUT2D eigenvalue weighted by atomic mass is 16.5. The molecule has 0 bridgehead atoms. The zero-order chi connectivity index (χ0) is 23.0. The Morgan fingerprint density at radius 3 is 2.28 bits per heavy atom. The van der Waals surface area contributed by atoms with Gasteiger partial charge < -0.3 is 10.1 Å². The van der Waals surface area contributed by atoms with Gasteiger partial charge in [0.25, 0.3) is 11.8 Å². The van der Waals surface area contributed by atoms with Crippen LogP contribution in [0.4, 0.5) is 5.69 Å². The number of carbonyl (C=O) groups excluding carboxylic acids is 5. The number of esters is 1. The molecule has 2 aromatic carbocycles. The van der Waals surface area contributed by atoms with Crippen LogP contribution in [-0.2, 0) is 20.7 Å². The van der Waals surface area contributed by atoms with Crippen LogP contribution < -0.4 is 5.32 Å². The number of imide groups is 1. The van der Waals surface area contributed by atoms with E-state index in [0.717, 1.165) is 10.5 Å². The topological polar surface area (TPSA) is 110 Å². The number of fused-ring (bicyclic) bond motifs is 2. The minimum Gasteiger partial charge on any atom is -0.456 e. The third kappa shape index (κ3) is 3.79. The van der Waals surface area contributed by atoms with Crippen LogP contribution in [0.15, 0.2) is 42.5 Å². The molecule has 0 aromatic heterocycles. The van der Waals surface area contributed by atoms with E-state index in [1.165, 1.54) is 0 Å². The molecular formula is C24H22N2O6. The number of hydrogen-bond donors (Lipinski definition) is 1. The Morgan fingerprint density at radius 2 is 1.66 bits per heavy atom. The van der Waals surface area contributed by atoms with Crippen molar-refractivity contribution in [3.8, 4) is 0 Å². The monoisotopic (exact) mass is 434 g/mol. The maximum absolute atomic E-state index is 12.9. The third-order valence-electron chi connectivity index (χ3n) is 5.64. The quantitative estimate of drug-likeness (QED) is 0.425. The number of hydrogen-bond acceptors (Lipinski definition) is 6. The Kier molecular flexibility index (Phi) is 5.61. The van der Waals surface area contributed by atoms with Gasteiger partial charge in [0.2, 0.25) is 5.91 Å². The molecule has 3 amide bonds. The van der Waals surface area contributed by atoms with Gasteiger partial charge in [0.1, 0.15) is 6.04 Å². The maximum atomic E-state index is 12.9. The number of ketones is 1. The number of rotatable bonds is 6. The van der Waals surface area contributed by atoms with Gasteiger partial charge >= 0.3 is 5.97 Å². The van der Waals surface area contributed by atoms with Crippen LogP contribution in [0.25, 0.3) is 0 Å². The molecule has 1 atom stereocenters. The number of nitrogens with zero attached hydrogens (tertiary/aromatic N) is 1. The minimum absolute atomic E-state index is 0.0709. The lowest BCUT2D eigenvalue weighted by Gasteiger charge is -2.27. The van der Waals surface area contributed by atoms with Crippen LogP contribution in [0.3, 0.4) is 0 Å². The summed E-state index contributed by atoms with van der Waals surface area (Å²) in [4.78, 5) is 63.4. The number of aryl methyl sites for hydroxylation is 1. The average Bonchev–Trinajstić information content (AvgIpc) is 3.02. The van der Waals surface area contributed by atoms with Crippen LogP contribution in [0.5, 0.6) is 0 Å². The van der Waals surface area contributed by atoms with Gasteiger partial charge in [0, 0.05) is 17.7 Å². The number of nitrogens with one attached hydrogen (secondary N) is 1. The summed E-state index contributed by atoms with van der Waals surface area (Å²) < 4.78 is 5.25. The van der Waals surface area contributed by atoms with Gasteiger partial charge in [0.15, 0.2) is 12.4 Å². The molecule has 1 unspecified atom stereocenters. The van der Waals surface area contributed by atoms with Gasteiger partial charge in [-0.3, -0.25) is 24.1 Å². The molecule has 2 aromatic rings. The summed E-state index contributed by atoms with van der Waals surface area (Å²) in [5.74, 6) is -2.81. The van der Waals surface area contributed by atoms with E-state index in [0.29, 0.717) is 24.1 Å². The molecule has 2 heterocycles. The standard InChI is InChI=1S/C24H22N2O6/c1-13(2)21(26-22(29)16-5-3-4-6-17(16)23(26)30)24(31)32-12-19(27)15-7-9-18-14(11-15)8-10-20(28)25-18/h3-7,9,11,13,21H,8,10,12H2,1-2H3,(H,25,28). The summed E-state index contributed by atoms with van der Waals surface area (Å²) in [7, 11) is 0. The SMILES string of the molecule is CC(C)C(C(=O)OCC(=O)c1ccc2c(c1)CCC(=O)N2)N1C(=O)c2ccccc2C1=O. The van der Waals surface area contributed by atoms with E-state index < -0.39 is 42.1 Å². The molecule has 0 saturated carbocycles. The summed E-state index contributed by atoms with van der Waals surface area (Å²) in [6, 6.07) is 10.1. The lowest BCUT2D eigenvalue weighted by atomic mass is 9.99. The third-order valence-corrected chi connectivity index (χ3v) is 5.64. The van der Waals surface area contributed by atoms with Crippen molar-refractivity contribution in [3.05, 3.63) is 64.7 Å². The highest BCUT2D eigenvalue weighted by Gasteiger charge is 2.44. The molecule has 2 aliphatic heterocycles. The van der Waals surface area contributed by atoms with E-state index >= 15 is 0 Å². The second-order valence-electron chi connectivity index (χ2n) is 8.17. The molecule has 1 N–H and O–H groups in total. The van der Waals surface area contributed by atoms with Crippen molar-refractivity contribution < 1.29 is 28.7 Å². The van der Waals surface area contributed by atoms with E-state index in [1.807, 2.05) is 0 Å². The Bertz CT molecular complexity index is 1120. The lowest BCUT2D eigenvalue weighted by Crippen LogP contribution is -2.49. The first-order valence-corrected chi connectivity index (χ1v) is 10.4. The number of anilines is 1. The number of benzene rings is 2. The average molecular weight is 434 g/mol. The van der Waals surface area contributed by atoms with Gasteiger partial charge in [-0.05, 0) is 48.2 Å². The van der Waals surface area contributed by atoms with Crippen LogP contribution >= 0.6 is 0 Å². The molecule has 0 saturated heterocycles. The van der Waals surface area contributed by atoms with E-state index in [-0.39, 0.29) is 17.0 Å². The van der Waals surface area contributed by atoms with Gasteiger partial charge in [-0.2, -0.15) is 0 Å². The Hall–Kier alpha value is -3.81. The van der Waals surface area contributed by atoms with E-state index in [9.17, 15) is 24.0 Å². The zero-order valence-electron chi connectivity index (χ0n) is 17.7. The lowest BCUT2D eigenvalue weighted by molar-refractivity contribution is -0.148. The van der Waals surface area contributed by atoms with Crippen molar-refractivity contribution in [2.45, 2.75) is 32.7 Å². The molecule has 4 rings (SSSR count). The fourth-order valence-electron chi connectivity index (χ4n) is 4.00. The largest absolute Gasteiger partial charge is 0.456 e. The number of carbonyl (C=O) groups is 5. The van der Waals surface area contributed by atoms with E-state index in [1.54, 1.807) is 56.3 Å². The molecule has 0 aliphatic carbocycles. The minimum atomic E-state index is -1.14. The van der Waals surface area contributed by atoms with Crippen molar-refractivity contribution in [1.82, 2.24) is 4.90 Å². The van der Waals surface area contributed by atoms with E-state index in [2.05, 4.69) is 5.32 Å². The first-order valence-electron chi connectivity index (χ1n) is 10.4. The summed E-state index contributed by atoms with van der Waals surface area (Å²) in [6.45, 7) is 2.89. The Labute approximate surface area is 184 Å². The highest BCUT2D eigenvalue weighted by Crippen LogP contribution is 2.28. The molecule has 8 heteroatoms. The predicted octanol–water partition coefficient (Wildman–Crippen LogP) is 2.62. The first-order chi connectivity index (χ1) is 15.3. The molecule has 32 heavy (non-hydrogen) atoms. The molecule has 164 valence electrons. The van der Waals surface area contributed by atoms with Gasteiger partial charge in [-0.1, -0.05) is 26.0 Å². The second-order valence-corrected chi connectivity index (χ2v) is 8.17. The van der Waals surface area contributed by atoms with Gasteiger partial charge in [-0.25, -0.2) is 4.79 Å². The zero-order valence-corrected chi connectivity index (χ0v) is 17.7. The normalized spacial score (nSPS) is 15.8.